The van der Waals surface area contributed by atoms with Gasteiger partial charge in [0, 0.05) is 37.8 Å². The molecule has 0 saturated carbocycles. The van der Waals surface area contributed by atoms with Crippen LogP contribution in [0.3, 0.4) is 0 Å². The highest BCUT2D eigenvalue weighted by molar-refractivity contribution is 5.94. The monoisotopic (exact) mass is 359 g/mol. The van der Waals surface area contributed by atoms with E-state index in [2.05, 4.69) is 10.1 Å². The number of ether oxygens (including phenoxy) is 1. The second kappa shape index (κ2) is 7.53. The molecular weight excluding hydrogens is 337 g/mol. The van der Waals surface area contributed by atoms with Gasteiger partial charge in [-0.1, -0.05) is 5.16 Å². The Morgan fingerprint density at radius 1 is 1.12 bits per heavy atom. The number of nitrogens with zero attached hydrogens (tertiary/aromatic N) is 3. The number of rotatable bonds is 3. The average molecular weight is 359 g/mol. The Kier molecular flexibility index (Phi) is 4.97. The molecule has 0 radical (unpaired) electrons. The van der Waals surface area contributed by atoms with Gasteiger partial charge < -0.3 is 14.2 Å². The molecule has 4 rings (SSSR count). The number of likely N-dealkylation sites (tertiary alicyclic amines) is 1. The number of piperidine rings is 1. The van der Waals surface area contributed by atoms with E-state index in [1.54, 1.807) is 4.90 Å². The first kappa shape index (κ1) is 17.1. The molecule has 0 spiro atoms. The van der Waals surface area contributed by atoms with Crippen LogP contribution in [0.4, 0.5) is 4.39 Å². The lowest BCUT2D eigenvalue weighted by atomic mass is 9.96. The fourth-order valence-corrected chi connectivity index (χ4v) is 3.67. The summed E-state index contributed by atoms with van der Waals surface area (Å²) in [7, 11) is 0. The molecule has 6 nitrogen and oxygen atoms in total. The highest BCUT2D eigenvalue weighted by Crippen LogP contribution is 2.30. The minimum absolute atomic E-state index is 0.0502. The number of halogens is 1. The predicted molar refractivity (Wildman–Crippen MR) is 91.4 cm³/mol. The molecule has 2 aromatic rings. The Balaban J connectivity index is 1.44. The molecule has 2 saturated heterocycles. The lowest BCUT2D eigenvalue weighted by molar-refractivity contribution is 0.0695. The van der Waals surface area contributed by atoms with Gasteiger partial charge in [-0.25, -0.2) is 4.39 Å². The maximum atomic E-state index is 13.1. The summed E-state index contributed by atoms with van der Waals surface area (Å²) in [4.78, 5) is 19.1. The highest BCUT2D eigenvalue weighted by atomic mass is 19.1. The summed E-state index contributed by atoms with van der Waals surface area (Å²) in [5, 5.41) is 4.17. The Morgan fingerprint density at radius 3 is 2.65 bits per heavy atom. The van der Waals surface area contributed by atoms with Gasteiger partial charge in [0.1, 0.15) is 5.82 Å². The molecule has 2 aliphatic heterocycles. The van der Waals surface area contributed by atoms with Gasteiger partial charge in [0.05, 0.1) is 5.92 Å². The van der Waals surface area contributed by atoms with Crippen molar-refractivity contribution >= 4 is 5.91 Å². The number of amides is 1. The first-order chi connectivity index (χ1) is 12.7. The fraction of sp³-hybridized carbons (Fsp3) is 0.526. The van der Waals surface area contributed by atoms with E-state index in [-0.39, 0.29) is 17.6 Å². The second-order valence-corrected chi connectivity index (χ2v) is 6.97. The lowest BCUT2D eigenvalue weighted by Crippen LogP contribution is -2.39. The molecule has 0 bridgehead atoms. The van der Waals surface area contributed by atoms with E-state index in [0.29, 0.717) is 30.5 Å². The van der Waals surface area contributed by atoms with Crippen LogP contribution < -0.4 is 0 Å². The first-order valence-corrected chi connectivity index (χ1v) is 9.17. The second-order valence-electron chi connectivity index (χ2n) is 6.97. The molecule has 7 heteroatoms. The quantitative estimate of drug-likeness (QED) is 0.842. The van der Waals surface area contributed by atoms with Crippen molar-refractivity contribution in [3.63, 3.8) is 0 Å². The number of benzene rings is 1. The molecule has 2 aliphatic rings. The van der Waals surface area contributed by atoms with E-state index in [1.165, 1.54) is 24.3 Å². The molecule has 138 valence electrons. The van der Waals surface area contributed by atoms with Crippen molar-refractivity contribution in [2.75, 3.05) is 26.3 Å². The Bertz CT molecular complexity index is 756. The third-order valence-corrected chi connectivity index (χ3v) is 5.19. The zero-order valence-electron chi connectivity index (χ0n) is 14.6. The maximum Gasteiger partial charge on any atom is 0.253 e. The zero-order chi connectivity index (χ0) is 17.9. The minimum Gasteiger partial charge on any atom is -0.381 e. The standard InChI is InChI=1S/C19H22FN3O3/c20-16-5-3-14(4-6-16)19(24)23-9-1-2-15(12-23)18-21-17(22-26-18)13-7-10-25-11-8-13/h3-6,13,15H,1-2,7-12H2. The van der Waals surface area contributed by atoms with Crippen LogP contribution in [0.5, 0.6) is 0 Å². The molecule has 26 heavy (non-hydrogen) atoms. The maximum absolute atomic E-state index is 13.1. The molecule has 0 N–H and O–H groups in total. The number of hydrogen-bond donors (Lipinski definition) is 0. The summed E-state index contributed by atoms with van der Waals surface area (Å²) >= 11 is 0. The minimum atomic E-state index is -0.343. The summed E-state index contributed by atoms with van der Waals surface area (Å²) in [6.45, 7) is 2.70. The van der Waals surface area contributed by atoms with Crippen LogP contribution in [-0.2, 0) is 4.74 Å². The molecule has 1 aromatic heterocycles. The van der Waals surface area contributed by atoms with E-state index in [9.17, 15) is 9.18 Å². The number of carbonyl (C=O) groups excluding carboxylic acids is 1. The van der Waals surface area contributed by atoms with Gasteiger partial charge in [0.25, 0.3) is 5.91 Å². The van der Waals surface area contributed by atoms with Crippen LogP contribution in [0.15, 0.2) is 28.8 Å². The number of hydrogen-bond acceptors (Lipinski definition) is 5. The first-order valence-electron chi connectivity index (χ1n) is 9.17. The zero-order valence-corrected chi connectivity index (χ0v) is 14.6. The van der Waals surface area contributed by atoms with Gasteiger partial charge >= 0.3 is 0 Å². The van der Waals surface area contributed by atoms with E-state index in [4.69, 9.17) is 9.26 Å². The largest absolute Gasteiger partial charge is 0.381 e. The SMILES string of the molecule is O=C(c1ccc(F)cc1)N1CCCC(c2nc(C3CCOCC3)no2)C1. The van der Waals surface area contributed by atoms with Gasteiger partial charge in [-0.05, 0) is 49.9 Å². The lowest BCUT2D eigenvalue weighted by Gasteiger charge is -2.31. The smallest absolute Gasteiger partial charge is 0.253 e. The molecule has 0 aliphatic carbocycles. The number of carbonyl (C=O) groups is 1. The van der Waals surface area contributed by atoms with Gasteiger partial charge in [0.2, 0.25) is 5.89 Å². The third-order valence-electron chi connectivity index (χ3n) is 5.19. The van der Waals surface area contributed by atoms with Crippen LogP contribution >= 0.6 is 0 Å². The van der Waals surface area contributed by atoms with E-state index < -0.39 is 0 Å². The van der Waals surface area contributed by atoms with E-state index >= 15 is 0 Å². The van der Waals surface area contributed by atoms with Crippen LogP contribution in [0.25, 0.3) is 0 Å². The van der Waals surface area contributed by atoms with E-state index in [0.717, 1.165) is 44.7 Å². The Hall–Kier alpha value is -2.28. The molecule has 1 aromatic carbocycles. The predicted octanol–water partition coefficient (Wildman–Crippen LogP) is 3.12. The third kappa shape index (κ3) is 3.62. The average Bonchev–Trinajstić information content (AvgIpc) is 3.19. The van der Waals surface area contributed by atoms with Crippen LogP contribution in [0, 0.1) is 5.82 Å². The fourth-order valence-electron chi connectivity index (χ4n) is 3.67. The summed E-state index contributed by atoms with van der Waals surface area (Å²) in [5.41, 5.74) is 0.500. The van der Waals surface area contributed by atoms with Crippen molar-refractivity contribution in [3.8, 4) is 0 Å². The van der Waals surface area contributed by atoms with Gasteiger partial charge in [-0.2, -0.15) is 4.98 Å². The van der Waals surface area contributed by atoms with Gasteiger partial charge in [-0.3, -0.25) is 4.79 Å². The Morgan fingerprint density at radius 2 is 1.88 bits per heavy atom. The van der Waals surface area contributed by atoms with Crippen LogP contribution in [-0.4, -0.2) is 47.3 Å². The van der Waals surface area contributed by atoms with Crippen LogP contribution in [0.1, 0.15) is 59.6 Å². The van der Waals surface area contributed by atoms with Crippen molar-refractivity contribution < 1.29 is 18.4 Å². The van der Waals surface area contributed by atoms with Crippen molar-refractivity contribution in [2.24, 2.45) is 0 Å². The van der Waals surface area contributed by atoms with Gasteiger partial charge in [0.15, 0.2) is 5.82 Å². The topological polar surface area (TPSA) is 68.5 Å². The van der Waals surface area contributed by atoms with Crippen LogP contribution in [0.2, 0.25) is 0 Å². The van der Waals surface area contributed by atoms with Gasteiger partial charge in [-0.15, -0.1) is 0 Å². The van der Waals surface area contributed by atoms with Crippen molar-refractivity contribution in [1.82, 2.24) is 15.0 Å². The summed E-state index contributed by atoms with van der Waals surface area (Å²) < 4.78 is 24.0. The molecule has 1 unspecified atom stereocenters. The summed E-state index contributed by atoms with van der Waals surface area (Å²) in [6, 6.07) is 5.67. The van der Waals surface area contributed by atoms with Crippen molar-refractivity contribution in [1.29, 1.82) is 0 Å². The molecule has 1 atom stereocenters. The van der Waals surface area contributed by atoms with E-state index in [1.807, 2.05) is 0 Å². The van der Waals surface area contributed by atoms with Crippen molar-refractivity contribution in [3.05, 3.63) is 47.4 Å². The number of aromatic nitrogens is 2. The normalized spacial score (nSPS) is 21.7. The molecular formula is C19H22FN3O3. The molecule has 3 heterocycles. The molecule has 1 amide bonds. The summed E-state index contributed by atoms with van der Waals surface area (Å²) in [5.74, 6) is 1.29. The Labute approximate surface area is 151 Å². The highest BCUT2D eigenvalue weighted by Gasteiger charge is 2.30. The summed E-state index contributed by atoms with van der Waals surface area (Å²) in [6.07, 6.45) is 3.63. The van der Waals surface area contributed by atoms with Crippen molar-refractivity contribution in [2.45, 2.75) is 37.5 Å². The molecule has 2 fully saturated rings.